The summed E-state index contributed by atoms with van der Waals surface area (Å²) < 4.78 is 17.4. The lowest BCUT2D eigenvalue weighted by Crippen LogP contribution is -2.38. The monoisotopic (exact) mass is 435 g/mol. The molecule has 0 spiro atoms. The first-order valence-electron chi connectivity index (χ1n) is 9.58. The molecule has 0 radical (unpaired) electrons. The molecule has 1 N–H and O–H groups in total. The van der Waals surface area contributed by atoms with Crippen LogP contribution < -0.4 is 22.1 Å². The number of nitrogens with one attached hydrogen (secondary N) is 1. The fraction of sp³-hybridized carbons (Fsp3) is 0.136. The van der Waals surface area contributed by atoms with Gasteiger partial charge in [-0.25, -0.2) is 14.2 Å². The Morgan fingerprint density at radius 1 is 1.03 bits per heavy atom. The molecule has 0 saturated carbocycles. The van der Waals surface area contributed by atoms with E-state index in [9.17, 15) is 23.6 Å². The molecule has 0 aliphatic heterocycles. The van der Waals surface area contributed by atoms with Gasteiger partial charge in [-0.05, 0) is 24.3 Å². The summed E-state index contributed by atoms with van der Waals surface area (Å²) in [6.07, 6.45) is 1.49. The van der Waals surface area contributed by atoms with Gasteiger partial charge in [-0.1, -0.05) is 18.2 Å². The van der Waals surface area contributed by atoms with Gasteiger partial charge < -0.3 is 5.32 Å². The third-order valence-corrected chi connectivity index (χ3v) is 5.15. The van der Waals surface area contributed by atoms with Gasteiger partial charge in [-0.3, -0.25) is 28.1 Å². The highest BCUT2D eigenvalue weighted by molar-refractivity contribution is 6.05. The van der Waals surface area contributed by atoms with Gasteiger partial charge in [0.1, 0.15) is 22.8 Å². The molecular weight excluding hydrogens is 417 g/mol. The fourth-order valence-corrected chi connectivity index (χ4v) is 3.35. The number of benzene rings is 1. The van der Waals surface area contributed by atoms with E-state index in [0.717, 1.165) is 15.2 Å². The van der Waals surface area contributed by atoms with Crippen molar-refractivity contribution in [3.05, 3.63) is 103 Å². The number of fused-ring (bicyclic) bond motifs is 1. The van der Waals surface area contributed by atoms with E-state index in [2.05, 4.69) is 10.3 Å². The van der Waals surface area contributed by atoms with Gasteiger partial charge in [0.25, 0.3) is 17.0 Å². The third kappa shape index (κ3) is 3.62. The molecule has 3 heterocycles. The van der Waals surface area contributed by atoms with E-state index in [0.29, 0.717) is 11.0 Å². The highest BCUT2D eigenvalue weighted by Gasteiger charge is 2.19. The molecule has 4 rings (SSSR count). The summed E-state index contributed by atoms with van der Waals surface area (Å²) in [6.45, 7) is -0.134. The first-order chi connectivity index (χ1) is 15.3. The predicted octanol–water partition coefficient (Wildman–Crippen LogP) is 1.23. The Morgan fingerprint density at radius 3 is 2.53 bits per heavy atom. The molecule has 0 saturated heterocycles. The van der Waals surface area contributed by atoms with E-state index >= 15 is 0 Å². The zero-order valence-corrected chi connectivity index (χ0v) is 17.2. The van der Waals surface area contributed by atoms with Gasteiger partial charge in [0.05, 0.1) is 6.54 Å². The van der Waals surface area contributed by atoms with Crippen LogP contribution in [0.3, 0.4) is 0 Å². The average molecular weight is 435 g/mol. The van der Waals surface area contributed by atoms with Crippen molar-refractivity contribution in [2.24, 2.45) is 14.1 Å². The smallest absolute Gasteiger partial charge is 0.308 e. The number of carbonyl (C=O) groups is 1. The Morgan fingerprint density at radius 2 is 1.78 bits per heavy atom. The van der Waals surface area contributed by atoms with Crippen molar-refractivity contribution in [1.82, 2.24) is 18.7 Å². The second-order valence-electron chi connectivity index (χ2n) is 7.18. The molecule has 0 aliphatic rings. The number of aromatic nitrogens is 4. The van der Waals surface area contributed by atoms with Gasteiger partial charge in [-0.2, -0.15) is 0 Å². The Hall–Kier alpha value is -4.34. The number of amides is 1. The van der Waals surface area contributed by atoms with Gasteiger partial charge in [0.15, 0.2) is 0 Å². The number of hydrogen-bond donors (Lipinski definition) is 1. The zero-order chi connectivity index (χ0) is 23.0. The second-order valence-corrected chi connectivity index (χ2v) is 7.18. The summed E-state index contributed by atoms with van der Waals surface area (Å²) in [5.74, 6) is -1.37. The van der Waals surface area contributed by atoms with Crippen LogP contribution in [-0.4, -0.2) is 24.6 Å². The topological polar surface area (TPSA) is 108 Å². The molecule has 1 amide bonds. The van der Waals surface area contributed by atoms with E-state index in [1.807, 2.05) is 0 Å². The first kappa shape index (κ1) is 20.9. The van der Waals surface area contributed by atoms with Crippen LogP contribution in [0.15, 0.2) is 69.1 Å². The van der Waals surface area contributed by atoms with E-state index < -0.39 is 28.5 Å². The van der Waals surface area contributed by atoms with Gasteiger partial charge in [0, 0.05) is 37.3 Å². The molecule has 0 unspecified atom stereocenters. The molecule has 9 nitrogen and oxygen atoms in total. The normalized spacial score (nSPS) is 11.0. The largest absolute Gasteiger partial charge is 0.332 e. The number of pyridine rings is 2. The van der Waals surface area contributed by atoms with E-state index in [1.165, 1.54) is 43.1 Å². The number of carbonyl (C=O) groups excluding carboxylic acids is 1. The second kappa shape index (κ2) is 8.06. The van der Waals surface area contributed by atoms with E-state index in [1.54, 1.807) is 24.3 Å². The maximum absolute atomic E-state index is 14.2. The number of halogens is 1. The average Bonchev–Trinajstić information content (AvgIpc) is 2.78. The molecule has 1 aromatic carbocycles. The van der Waals surface area contributed by atoms with Crippen LogP contribution in [0.1, 0.15) is 15.9 Å². The minimum Gasteiger partial charge on any atom is -0.308 e. The van der Waals surface area contributed by atoms with Crippen LogP contribution in [0.2, 0.25) is 0 Å². The number of hydrogen-bond acceptors (Lipinski definition) is 5. The summed E-state index contributed by atoms with van der Waals surface area (Å²) in [5, 5.41) is 2.94. The standard InChI is InChI=1S/C22H18FN5O4/c1-26-17(11-18(29)27(2)22(26)32)25-20(30)15-10-13-7-5-9-24-19(13)28(21(15)31)12-14-6-3-4-8-16(14)23/h3-11H,12H2,1-2H3,(H,25,30). The van der Waals surface area contributed by atoms with Crippen LogP contribution in [0.4, 0.5) is 10.2 Å². The lowest BCUT2D eigenvalue weighted by molar-refractivity contribution is 0.102. The summed E-state index contributed by atoms with van der Waals surface area (Å²) in [5.41, 5.74) is -1.62. The Bertz CT molecular complexity index is 1550. The SMILES string of the molecule is Cn1c(NC(=O)c2cc3cccnc3n(Cc3ccccc3F)c2=O)cc(=O)n(C)c1=O. The molecule has 4 aromatic rings. The molecule has 10 heteroatoms. The number of nitrogens with zero attached hydrogens (tertiary/aromatic N) is 4. The van der Waals surface area contributed by atoms with Crippen molar-refractivity contribution in [3.63, 3.8) is 0 Å². The quantitative estimate of drug-likeness (QED) is 0.519. The zero-order valence-electron chi connectivity index (χ0n) is 17.2. The Labute approximate surface area is 180 Å². The van der Waals surface area contributed by atoms with Gasteiger partial charge in [-0.15, -0.1) is 0 Å². The van der Waals surface area contributed by atoms with E-state index in [4.69, 9.17) is 0 Å². The lowest BCUT2D eigenvalue weighted by atomic mass is 10.1. The summed E-state index contributed by atoms with van der Waals surface area (Å²) in [7, 11) is 2.70. The molecular formula is C22H18FN5O4. The predicted molar refractivity (Wildman–Crippen MR) is 116 cm³/mol. The molecule has 3 aromatic heterocycles. The summed E-state index contributed by atoms with van der Waals surface area (Å²) in [4.78, 5) is 54.5. The number of rotatable bonds is 4. The Kier molecular flexibility index (Phi) is 5.27. The van der Waals surface area contributed by atoms with Crippen LogP contribution in [0.5, 0.6) is 0 Å². The van der Waals surface area contributed by atoms with Crippen molar-refractivity contribution in [3.8, 4) is 0 Å². The van der Waals surface area contributed by atoms with Crippen molar-refractivity contribution in [2.45, 2.75) is 6.54 Å². The van der Waals surface area contributed by atoms with Crippen molar-refractivity contribution in [2.75, 3.05) is 5.32 Å². The minimum atomic E-state index is -0.814. The fourth-order valence-electron chi connectivity index (χ4n) is 3.35. The highest BCUT2D eigenvalue weighted by atomic mass is 19.1. The molecule has 0 bridgehead atoms. The van der Waals surface area contributed by atoms with Crippen molar-refractivity contribution in [1.29, 1.82) is 0 Å². The Balaban J connectivity index is 1.84. The summed E-state index contributed by atoms with van der Waals surface area (Å²) >= 11 is 0. The molecule has 0 atom stereocenters. The molecule has 0 aliphatic carbocycles. The minimum absolute atomic E-state index is 0.0607. The van der Waals surface area contributed by atoms with Crippen LogP contribution >= 0.6 is 0 Å². The van der Waals surface area contributed by atoms with Gasteiger partial charge >= 0.3 is 5.69 Å². The van der Waals surface area contributed by atoms with Gasteiger partial charge in [0.2, 0.25) is 0 Å². The first-order valence-corrected chi connectivity index (χ1v) is 9.58. The van der Waals surface area contributed by atoms with Crippen molar-refractivity contribution >= 4 is 22.8 Å². The molecule has 0 fully saturated rings. The van der Waals surface area contributed by atoms with Crippen LogP contribution in [0, 0.1) is 5.82 Å². The maximum Gasteiger partial charge on any atom is 0.332 e. The lowest BCUT2D eigenvalue weighted by Gasteiger charge is -2.14. The van der Waals surface area contributed by atoms with Crippen molar-refractivity contribution < 1.29 is 9.18 Å². The molecule has 162 valence electrons. The van der Waals surface area contributed by atoms with Crippen LogP contribution in [0.25, 0.3) is 11.0 Å². The third-order valence-electron chi connectivity index (χ3n) is 5.15. The van der Waals surface area contributed by atoms with Crippen LogP contribution in [-0.2, 0) is 20.6 Å². The van der Waals surface area contributed by atoms with E-state index in [-0.39, 0.29) is 23.5 Å². The highest BCUT2D eigenvalue weighted by Crippen LogP contribution is 2.15. The molecule has 32 heavy (non-hydrogen) atoms. The maximum atomic E-state index is 14.2. The summed E-state index contributed by atoms with van der Waals surface area (Å²) in [6, 6.07) is 11.8. The number of anilines is 1.